The highest BCUT2D eigenvalue weighted by molar-refractivity contribution is 6.30. The Bertz CT molecular complexity index is 1640. The molecule has 0 amide bonds. The molecule has 4 aromatic rings. The summed E-state index contributed by atoms with van der Waals surface area (Å²) in [5, 5.41) is 10.8. The van der Waals surface area contributed by atoms with Crippen LogP contribution in [-0.4, -0.2) is 32.0 Å². The third-order valence-corrected chi connectivity index (χ3v) is 8.15. The molecular formula is C34H37ClN2O5. The predicted octanol–water partition coefficient (Wildman–Crippen LogP) is 7.77. The zero-order valence-corrected chi connectivity index (χ0v) is 25.7. The van der Waals surface area contributed by atoms with Gasteiger partial charge in [0, 0.05) is 39.5 Å². The predicted molar refractivity (Wildman–Crippen MR) is 164 cm³/mol. The lowest BCUT2D eigenvalue weighted by molar-refractivity contribution is -0.149. The van der Waals surface area contributed by atoms with Gasteiger partial charge in [-0.15, -0.1) is 0 Å². The normalized spacial score (nSPS) is 12.0. The standard InChI is InChI=1S/C34H37ClN2O5/c1-7-34(8-2,32(40)41)19-26-28(31(39)33(4,5)6)27-18-25(42-20-24-11-9-10-21(3)36-24)16-17-37(27)29(26)30(38)22-12-14-23(35)15-13-22/h9-18H,7-8,19-20H2,1-6H3,(H,40,41). The molecule has 0 bridgehead atoms. The molecule has 3 aromatic heterocycles. The first-order chi connectivity index (χ1) is 19.8. The molecule has 0 spiro atoms. The van der Waals surface area contributed by atoms with E-state index in [1.807, 2.05) is 59.7 Å². The summed E-state index contributed by atoms with van der Waals surface area (Å²) >= 11 is 6.10. The molecule has 0 aliphatic heterocycles. The Morgan fingerprint density at radius 3 is 2.24 bits per heavy atom. The molecule has 0 unspecified atom stereocenters. The molecule has 4 rings (SSSR count). The van der Waals surface area contributed by atoms with E-state index >= 15 is 0 Å². The second kappa shape index (κ2) is 12.1. The van der Waals surface area contributed by atoms with Crippen LogP contribution in [0.5, 0.6) is 5.75 Å². The number of hydrogen-bond donors (Lipinski definition) is 1. The van der Waals surface area contributed by atoms with E-state index in [4.69, 9.17) is 16.3 Å². The Morgan fingerprint density at radius 1 is 1.00 bits per heavy atom. The topological polar surface area (TPSA) is 98.0 Å². The van der Waals surface area contributed by atoms with Crippen LogP contribution < -0.4 is 4.74 Å². The first kappa shape index (κ1) is 31.0. The number of aryl methyl sites for hydroxylation is 1. The van der Waals surface area contributed by atoms with Gasteiger partial charge in [-0.05, 0) is 74.2 Å². The Labute approximate surface area is 251 Å². The maximum absolute atomic E-state index is 14.2. The van der Waals surface area contributed by atoms with E-state index in [0.29, 0.717) is 45.8 Å². The minimum absolute atomic E-state index is 0.0201. The van der Waals surface area contributed by atoms with Crippen LogP contribution >= 0.6 is 11.6 Å². The highest BCUT2D eigenvalue weighted by Crippen LogP contribution is 2.40. The van der Waals surface area contributed by atoms with Crippen molar-refractivity contribution in [3.8, 4) is 5.75 Å². The van der Waals surface area contributed by atoms with Gasteiger partial charge in [-0.25, -0.2) is 0 Å². The van der Waals surface area contributed by atoms with Gasteiger partial charge in [-0.3, -0.25) is 19.4 Å². The van der Waals surface area contributed by atoms with Crippen molar-refractivity contribution >= 4 is 34.7 Å². The third kappa shape index (κ3) is 6.12. The largest absolute Gasteiger partial charge is 0.487 e. The Hall–Kier alpha value is -3.97. The van der Waals surface area contributed by atoms with Crippen molar-refractivity contribution in [1.82, 2.24) is 9.38 Å². The van der Waals surface area contributed by atoms with Gasteiger partial charge >= 0.3 is 5.97 Å². The number of aromatic nitrogens is 2. The summed E-state index contributed by atoms with van der Waals surface area (Å²) in [7, 11) is 0. The van der Waals surface area contributed by atoms with Crippen molar-refractivity contribution in [3.05, 3.63) is 99.6 Å². The second-order valence-electron chi connectivity index (χ2n) is 11.8. The van der Waals surface area contributed by atoms with Crippen LogP contribution in [0.4, 0.5) is 0 Å². The molecule has 0 saturated carbocycles. The lowest BCUT2D eigenvalue weighted by atomic mass is 9.74. The molecule has 3 heterocycles. The van der Waals surface area contributed by atoms with Gasteiger partial charge in [-0.1, -0.05) is 52.3 Å². The van der Waals surface area contributed by atoms with Crippen molar-refractivity contribution in [2.24, 2.45) is 10.8 Å². The first-order valence-electron chi connectivity index (χ1n) is 14.1. The van der Waals surface area contributed by atoms with Gasteiger partial charge in [0.15, 0.2) is 5.78 Å². The molecular weight excluding hydrogens is 552 g/mol. The maximum Gasteiger partial charge on any atom is 0.309 e. The minimum Gasteiger partial charge on any atom is -0.487 e. The summed E-state index contributed by atoms with van der Waals surface area (Å²) in [6.45, 7) is 11.2. The molecule has 8 heteroatoms. The number of hydrogen-bond acceptors (Lipinski definition) is 5. The number of carboxylic acids is 1. The number of carboxylic acid groups (broad SMARTS) is 1. The van der Waals surface area contributed by atoms with Gasteiger partial charge in [0.25, 0.3) is 0 Å². The van der Waals surface area contributed by atoms with E-state index in [9.17, 15) is 19.5 Å². The van der Waals surface area contributed by atoms with E-state index in [1.54, 1.807) is 47.0 Å². The molecule has 1 N–H and O–H groups in total. The zero-order chi connectivity index (χ0) is 30.8. The number of fused-ring (bicyclic) bond motifs is 1. The molecule has 42 heavy (non-hydrogen) atoms. The molecule has 0 aliphatic rings. The summed E-state index contributed by atoms with van der Waals surface area (Å²) in [6, 6.07) is 15.7. The van der Waals surface area contributed by atoms with Crippen LogP contribution in [0.3, 0.4) is 0 Å². The van der Waals surface area contributed by atoms with Crippen molar-refractivity contribution in [1.29, 1.82) is 0 Å². The fourth-order valence-corrected chi connectivity index (χ4v) is 5.34. The number of pyridine rings is 2. The van der Waals surface area contributed by atoms with Crippen molar-refractivity contribution in [2.75, 3.05) is 0 Å². The molecule has 0 atom stereocenters. The quantitative estimate of drug-likeness (QED) is 0.180. The monoisotopic (exact) mass is 588 g/mol. The number of carbonyl (C=O) groups excluding carboxylic acids is 2. The van der Waals surface area contributed by atoms with Crippen LogP contribution in [-0.2, 0) is 17.8 Å². The van der Waals surface area contributed by atoms with Crippen LogP contribution in [0.1, 0.15) is 90.8 Å². The summed E-state index contributed by atoms with van der Waals surface area (Å²) in [6.07, 6.45) is 2.40. The molecule has 0 fully saturated rings. The number of aliphatic carboxylic acids is 1. The summed E-state index contributed by atoms with van der Waals surface area (Å²) in [4.78, 5) is 45.5. The lowest BCUT2D eigenvalue weighted by Crippen LogP contribution is -2.33. The smallest absolute Gasteiger partial charge is 0.309 e. The average Bonchev–Trinajstić information content (AvgIpc) is 3.26. The summed E-state index contributed by atoms with van der Waals surface area (Å²) in [5.74, 6) is -0.974. The average molecular weight is 589 g/mol. The molecule has 220 valence electrons. The fraction of sp³-hybridized carbons (Fsp3) is 0.353. The SMILES string of the molecule is CCC(CC)(Cc1c(C(=O)C(C)(C)C)c2cc(OCc3cccc(C)n3)ccn2c1C(=O)c1ccc(Cl)cc1)C(=O)O. The summed E-state index contributed by atoms with van der Waals surface area (Å²) in [5.41, 5.74) is 1.57. The number of benzene rings is 1. The van der Waals surface area contributed by atoms with Gasteiger partial charge in [0.05, 0.1) is 22.3 Å². The first-order valence-corrected chi connectivity index (χ1v) is 14.5. The number of Topliss-reactive ketones (excluding diaryl/α,β-unsaturated/α-hetero) is 1. The number of halogens is 1. The third-order valence-electron chi connectivity index (χ3n) is 7.90. The molecule has 7 nitrogen and oxygen atoms in total. The van der Waals surface area contributed by atoms with E-state index in [2.05, 4.69) is 4.98 Å². The zero-order valence-electron chi connectivity index (χ0n) is 25.0. The van der Waals surface area contributed by atoms with Gasteiger partial charge in [-0.2, -0.15) is 0 Å². The Kier molecular flexibility index (Phi) is 8.92. The van der Waals surface area contributed by atoms with Gasteiger partial charge < -0.3 is 14.2 Å². The molecule has 0 aliphatic carbocycles. The van der Waals surface area contributed by atoms with Crippen LogP contribution in [0.2, 0.25) is 5.02 Å². The molecule has 0 radical (unpaired) electrons. The van der Waals surface area contributed by atoms with Crippen LogP contribution in [0.15, 0.2) is 60.8 Å². The van der Waals surface area contributed by atoms with Gasteiger partial charge in [0.1, 0.15) is 12.4 Å². The second-order valence-corrected chi connectivity index (χ2v) is 12.2. The number of nitrogens with zero attached hydrogens (tertiary/aromatic N) is 2. The maximum atomic E-state index is 14.2. The summed E-state index contributed by atoms with van der Waals surface area (Å²) < 4.78 is 7.78. The van der Waals surface area contributed by atoms with E-state index in [0.717, 1.165) is 11.4 Å². The number of rotatable bonds is 11. The highest BCUT2D eigenvalue weighted by atomic mass is 35.5. The van der Waals surface area contributed by atoms with Crippen LogP contribution in [0, 0.1) is 17.8 Å². The van der Waals surface area contributed by atoms with E-state index in [1.165, 1.54) is 0 Å². The van der Waals surface area contributed by atoms with E-state index < -0.39 is 16.8 Å². The van der Waals surface area contributed by atoms with E-state index in [-0.39, 0.29) is 30.3 Å². The molecule has 0 saturated heterocycles. The van der Waals surface area contributed by atoms with Crippen molar-refractivity contribution < 1.29 is 24.2 Å². The molecule has 1 aromatic carbocycles. The van der Waals surface area contributed by atoms with Crippen molar-refractivity contribution in [2.45, 2.75) is 67.4 Å². The fourth-order valence-electron chi connectivity index (χ4n) is 5.21. The van der Waals surface area contributed by atoms with Crippen LogP contribution in [0.25, 0.3) is 5.52 Å². The van der Waals surface area contributed by atoms with Gasteiger partial charge in [0.2, 0.25) is 5.78 Å². The number of ether oxygens (including phenoxy) is 1. The Balaban J connectivity index is 1.99. The lowest BCUT2D eigenvalue weighted by Gasteiger charge is -2.28. The van der Waals surface area contributed by atoms with Crippen molar-refractivity contribution in [3.63, 3.8) is 0 Å². The highest BCUT2D eigenvalue weighted by Gasteiger charge is 2.41. The minimum atomic E-state index is -1.16. The number of ketones is 2. The Morgan fingerprint density at radius 2 is 1.67 bits per heavy atom. The number of carbonyl (C=O) groups is 3.